The highest BCUT2D eigenvalue weighted by molar-refractivity contribution is 14.1. The average molecular weight is 498 g/mol. The Morgan fingerprint density at radius 3 is 2.57 bits per heavy atom. The SMILES string of the molecule is CCCOc1c(I)cc(C(O)CCC(=O)OCC)cc1OCc1ccccc1. The van der Waals surface area contributed by atoms with Crippen molar-refractivity contribution in [3.05, 3.63) is 57.2 Å². The molecule has 0 bridgehead atoms. The third kappa shape index (κ3) is 6.98. The molecule has 2 aromatic carbocycles. The van der Waals surface area contributed by atoms with E-state index in [-0.39, 0.29) is 12.4 Å². The van der Waals surface area contributed by atoms with Gasteiger partial charge in [-0.3, -0.25) is 4.79 Å². The van der Waals surface area contributed by atoms with Crippen LogP contribution in [0.4, 0.5) is 0 Å². The average Bonchev–Trinajstić information content (AvgIpc) is 2.70. The summed E-state index contributed by atoms with van der Waals surface area (Å²) in [4.78, 5) is 11.6. The summed E-state index contributed by atoms with van der Waals surface area (Å²) in [6, 6.07) is 13.6. The van der Waals surface area contributed by atoms with E-state index in [0.29, 0.717) is 43.3 Å². The molecule has 1 unspecified atom stereocenters. The first-order valence-corrected chi connectivity index (χ1v) is 10.6. The zero-order chi connectivity index (χ0) is 20.4. The van der Waals surface area contributed by atoms with Crippen LogP contribution in [-0.2, 0) is 16.1 Å². The third-order valence-electron chi connectivity index (χ3n) is 4.03. The van der Waals surface area contributed by atoms with Crippen molar-refractivity contribution < 1.29 is 24.1 Å². The maximum Gasteiger partial charge on any atom is 0.305 e. The Kier molecular flexibility index (Phi) is 9.57. The van der Waals surface area contributed by atoms with E-state index < -0.39 is 6.10 Å². The molecule has 2 aromatic rings. The number of carbonyl (C=O) groups is 1. The van der Waals surface area contributed by atoms with E-state index in [1.807, 2.05) is 43.3 Å². The van der Waals surface area contributed by atoms with Crippen LogP contribution in [0, 0.1) is 3.57 Å². The van der Waals surface area contributed by atoms with E-state index in [9.17, 15) is 9.90 Å². The van der Waals surface area contributed by atoms with Crippen molar-refractivity contribution in [3.8, 4) is 11.5 Å². The molecule has 152 valence electrons. The van der Waals surface area contributed by atoms with Crippen LogP contribution < -0.4 is 9.47 Å². The molecule has 0 aromatic heterocycles. The number of rotatable bonds is 11. The fourth-order valence-corrected chi connectivity index (χ4v) is 3.40. The lowest BCUT2D eigenvalue weighted by atomic mass is 10.0. The van der Waals surface area contributed by atoms with Crippen molar-refractivity contribution in [2.75, 3.05) is 13.2 Å². The Hall–Kier alpha value is -1.80. The Labute approximate surface area is 180 Å². The molecule has 0 fully saturated rings. The predicted octanol–water partition coefficient (Wildman–Crippen LogP) is 5.04. The fraction of sp³-hybridized carbons (Fsp3) is 0.409. The van der Waals surface area contributed by atoms with Crippen LogP contribution in [-0.4, -0.2) is 24.3 Å². The van der Waals surface area contributed by atoms with Crippen molar-refractivity contribution in [3.63, 3.8) is 0 Å². The summed E-state index contributed by atoms with van der Waals surface area (Å²) in [5.41, 5.74) is 1.74. The molecule has 0 aliphatic rings. The zero-order valence-corrected chi connectivity index (χ0v) is 18.5. The molecule has 1 N–H and O–H groups in total. The standard InChI is InChI=1S/C22H27IO5/c1-3-12-27-22-18(23)13-17(19(24)10-11-21(25)26-4-2)14-20(22)28-15-16-8-6-5-7-9-16/h5-9,13-14,19,24H,3-4,10-12,15H2,1-2H3. The van der Waals surface area contributed by atoms with E-state index in [0.717, 1.165) is 15.6 Å². The molecule has 1 atom stereocenters. The second kappa shape index (κ2) is 11.9. The Bertz CT molecular complexity index is 748. The van der Waals surface area contributed by atoms with E-state index in [2.05, 4.69) is 22.6 Å². The van der Waals surface area contributed by atoms with Gasteiger partial charge in [-0.2, -0.15) is 0 Å². The van der Waals surface area contributed by atoms with Crippen molar-refractivity contribution >= 4 is 28.6 Å². The number of hydrogen-bond donors (Lipinski definition) is 1. The summed E-state index contributed by atoms with van der Waals surface area (Å²) >= 11 is 2.19. The lowest BCUT2D eigenvalue weighted by Gasteiger charge is -2.18. The molecule has 5 nitrogen and oxygen atoms in total. The van der Waals surface area contributed by atoms with Crippen LogP contribution >= 0.6 is 22.6 Å². The number of halogens is 1. The van der Waals surface area contributed by atoms with Gasteiger partial charge in [0.25, 0.3) is 0 Å². The maximum absolute atomic E-state index is 11.6. The van der Waals surface area contributed by atoms with Crippen molar-refractivity contribution in [1.82, 2.24) is 0 Å². The highest BCUT2D eigenvalue weighted by atomic mass is 127. The third-order valence-corrected chi connectivity index (χ3v) is 4.83. The number of hydrogen-bond acceptors (Lipinski definition) is 5. The summed E-state index contributed by atoms with van der Waals surface area (Å²) in [6.45, 7) is 5.14. The number of esters is 1. The molecule has 0 radical (unpaired) electrons. The summed E-state index contributed by atoms with van der Waals surface area (Å²) in [5.74, 6) is 0.966. The van der Waals surface area contributed by atoms with Gasteiger partial charge in [-0.25, -0.2) is 0 Å². The fourth-order valence-electron chi connectivity index (χ4n) is 2.62. The topological polar surface area (TPSA) is 65.0 Å². The minimum Gasteiger partial charge on any atom is -0.489 e. The van der Waals surface area contributed by atoms with Gasteiger partial charge in [0.15, 0.2) is 11.5 Å². The normalized spacial score (nSPS) is 11.7. The quantitative estimate of drug-likeness (QED) is 0.348. The monoisotopic (exact) mass is 498 g/mol. The second-order valence-electron chi connectivity index (χ2n) is 6.31. The van der Waals surface area contributed by atoms with Gasteiger partial charge in [-0.1, -0.05) is 37.3 Å². The van der Waals surface area contributed by atoms with Gasteiger partial charge in [0.05, 0.1) is 22.9 Å². The van der Waals surface area contributed by atoms with Gasteiger partial charge in [-0.05, 0) is 65.6 Å². The lowest BCUT2D eigenvalue weighted by Crippen LogP contribution is -2.08. The second-order valence-corrected chi connectivity index (χ2v) is 7.47. The van der Waals surface area contributed by atoms with Crippen molar-refractivity contribution in [2.45, 2.75) is 45.8 Å². The molecule has 0 heterocycles. The van der Waals surface area contributed by atoms with Crippen LogP contribution in [0.3, 0.4) is 0 Å². The van der Waals surface area contributed by atoms with Crippen LogP contribution in [0.5, 0.6) is 11.5 Å². The molecule has 28 heavy (non-hydrogen) atoms. The van der Waals surface area contributed by atoms with E-state index in [1.54, 1.807) is 13.0 Å². The molecule has 2 rings (SSSR count). The number of benzene rings is 2. The van der Waals surface area contributed by atoms with E-state index in [1.165, 1.54) is 0 Å². The first-order chi connectivity index (χ1) is 13.5. The van der Waals surface area contributed by atoms with E-state index >= 15 is 0 Å². The maximum atomic E-state index is 11.6. The van der Waals surface area contributed by atoms with Gasteiger partial charge in [0, 0.05) is 6.42 Å². The number of aliphatic hydroxyl groups excluding tert-OH is 1. The first kappa shape index (κ1) is 22.5. The minimum atomic E-state index is -0.780. The summed E-state index contributed by atoms with van der Waals surface area (Å²) < 4.78 is 17.7. The Morgan fingerprint density at radius 2 is 1.89 bits per heavy atom. The Balaban J connectivity index is 2.17. The first-order valence-electron chi connectivity index (χ1n) is 9.51. The van der Waals surface area contributed by atoms with Crippen LogP contribution in [0.2, 0.25) is 0 Å². The number of aliphatic hydroxyl groups is 1. The van der Waals surface area contributed by atoms with Crippen LogP contribution in [0.15, 0.2) is 42.5 Å². The highest BCUT2D eigenvalue weighted by Crippen LogP contribution is 2.37. The molecule has 0 spiro atoms. The predicted molar refractivity (Wildman–Crippen MR) is 117 cm³/mol. The van der Waals surface area contributed by atoms with Gasteiger partial charge in [0.2, 0.25) is 0 Å². The molecule has 0 aliphatic heterocycles. The van der Waals surface area contributed by atoms with E-state index in [4.69, 9.17) is 14.2 Å². The largest absolute Gasteiger partial charge is 0.489 e. The zero-order valence-electron chi connectivity index (χ0n) is 16.3. The minimum absolute atomic E-state index is 0.167. The van der Waals surface area contributed by atoms with Gasteiger partial charge in [-0.15, -0.1) is 0 Å². The molecule has 0 amide bonds. The van der Waals surface area contributed by atoms with Crippen LogP contribution in [0.25, 0.3) is 0 Å². The smallest absolute Gasteiger partial charge is 0.305 e. The molecule has 0 saturated carbocycles. The van der Waals surface area contributed by atoms with Gasteiger partial charge < -0.3 is 19.3 Å². The summed E-state index contributed by atoms with van der Waals surface area (Å²) in [6.07, 6.45) is 0.567. The lowest BCUT2D eigenvalue weighted by molar-refractivity contribution is -0.143. The Morgan fingerprint density at radius 1 is 1.14 bits per heavy atom. The molecule has 6 heteroatoms. The number of carbonyl (C=O) groups excluding carboxylic acids is 1. The molecular formula is C22H27IO5. The van der Waals surface area contributed by atoms with Crippen LogP contribution in [0.1, 0.15) is 50.3 Å². The highest BCUT2D eigenvalue weighted by Gasteiger charge is 2.18. The molecular weight excluding hydrogens is 471 g/mol. The molecule has 0 saturated heterocycles. The number of ether oxygens (including phenoxy) is 3. The van der Waals surface area contributed by atoms with Crippen molar-refractivity contribution in [2.24, 2.45) is 0 Å². The summed E-state index contributed by atoms with van der Waals surface area (Å²) in [5, 5.41) is 10.5. The molecule has 0 aliphatic carbocycles. The van der Waals surface area contributed by atoms with Crippen molar-refractivity contribution in [1.29, 1.82) is 0 Å². The van der Waals surface area contributed by atoms with Gasteiger partial charge >= 0.3 is 5.97 Å². The van der Waals surface area contributed by atoms with Gasteiger partial charge in [0.1, 0.15) is 6.61 Å². The summed E-state index contributed by atoms with van der Waals surface area (Å²) in [7, 11) is 0.